The first-order chi connectivity index (χ1) is 9.52. The number of nitrogens with zero attached hydrogens (tertiary/aromatic N) is 1. The maximum atomic E-state index is 12.7. The standard InChI is InChI=1S/C11H11Br2F3N2O2S/c12-8-3-6(17)4-9(13)10(8)21(19,20)18(7-1-2-7)5-11(14,15)16/h3-4,7H,1-2,5,17H2. The van der Waals surface area contributed by atoms with Crippen molar-refractivity contribution in [2.75, 3.05) is 12.3 Å². The van der Waals surface area contributed by atoms with E-state index in [2.05, 4.69) is 31.9 Å². The molecule has 1 fully saturated rings. The lowest BCUT2D eigenvalue weighted by molar-refractivity contribution is -0.137. The largest absolute Gasteiger partial charge is 0.402 e. The second-order valence-electron chi connectivity index (χ2n) is 4.71. The highest BCUT2D eigenvalue weighted by Crippen LogP contribution is 2.40. The molecule has 0 spiro atoms. The Morgan fingerprint density at radius 1 is 1.24 bits per heavy atom. The van der Waals surface area contributed by atoms with Gasteiger partial charge in [-0.15, -0.1) is 0 Å². The molecule has 0 atom stereocenters. The number of hydrogen-bond acceptors (Lipinski definition) is 3. The predicted octanol–water partition coefficient (Wildman–Crippen LogP) is 3.51. The lowest BCUT2D eigenvalue weighted by Crippen LogP contribution is -2.40. The molecule has 21 heavy (non-hydrogen) atoms. The van der Waals surface area contributed by atoms with Gasteiger partial charge in [-0.05, 0) is 56.8 Å². The molecule has 0 aromatic heterocycles. The fourth-order valence-electron chi connectivity index (χ4n) is 1.89. The zero-order chi connectivity index (χ0) is 16.0. The molecule has 1 aromatic rings. The van der Waals surface area contributed by atoms with Gasteiger partial charge in [-0.1, -0.05) is 0 Å². The Morgan fingerprint density at radius 2 is 1.71 bits per heavy atom. The molecule has 1 aliphatic rings. The molecule has 0 radical (unpaired) electrons. The summed E-state index contributed by atoms with van der Waals surface area (Å²) in [7, 11) is -4.29. The van der Waals surface area contributed by atoms with Gasteiger partial charge in [0.25, 0.3) is 0 Å². The summed E-state index contributed by atoms with van der Waals surface area (Å²) in [6.07, 6.45) is -3.73. The van der Waals surface area contributed by atoms with E-state index in [4.69, 9.17) is 5.73 Å². The first-order valence-electron chi connectivity index (χ1n) is 5.85. The van der Waals surface area contributed by atoms with Crippen molar-refractivity contribution in [1.82, 2.24) is 4.31 Å². The molecule has 10 heteroatoms. The number of benzene rings is 1. The topological polar surface area (TPSA) is 63.4 Å². The highest BCUT2D eigenvalue weighted by Gasteiger charge is 2.45. The average molecular weight is 452 g/mol. The number of sulfonamides is 1. The summed E-state index contributed by atoms with van der Waals surface area (Å²) in [4.78, 5) is -0.243. The summed E-state index contributed by atoms with van der Waals surface area (Å²) >= 11 is 6.11. The van der Waals surface area contributed by atoms with E-state index in [9.17, 15) is 21.6 Å². The minimum Gasteiger partial charge on any atom is -0.399 e. The van der Waals surface area contributed by atoms with Crippen LogP contribution < -0.4 is 5.73 Å². The Hall–Kier alpha value is -0.320. The number of nitrogens with two attached hydrogens (primary N) is 1. The molecule has 0 unspecified atom stereocenters. The quantitative estimate of drug-likeness (QED) is 0.712. The SMILES string of the molecule is Nc1cc(Br)c(S(=O)(=O)N(CC(F)(F)F)C2CC2)c(Br)c1. The van der Waals surface area contributed by atoms with Gasteiger partial charge in [-0.25, -0.2) is 8.42 Å². The third kappa shape index (κ3) is 3.91. The Bertz CT molecular complexity index is 637. The second kappa shape index (κ2) is 5.71. The van der Waals surface area contributed by atoms with Gasteiger partial charge in [0.15, 0.2) is 0 Å². The van der Waals surface area contributed by atoms with Crippen molar-refractivity contribution in [2.45, 2.75) is 30.0 Å². The molecular weight excluding hydrogens is 441 g/mol. The van der Waals surface area contributed by atoms with E-state index in [-0.39, 0.29) is 13.8 Å². The minimum absolute atomic E-state index is 0.127. The summed E-state index contributed by atoms with van der Waals surface area (Å²) in [5.41, 5.74) is 5.87. The smallest absolute Gasteiger partial charge is 0.399 e. The molecule has 0 heterocycles. The van der Waals surface area contributed by atoms with Gasteiger partial charge in [0, 0.05) is 20.7 Å². The van der Waals surface area contributed by atoms with Crippen molar-refractivity contribution in [3.8, 4) is 0 Å². The molecule has 0 saturated heterocycles. The van der Waals surface area contributed by atoms with Gasteiger partial charge < -0.3 is 5.73 Å². The van der Waals surface area contributed by atoms with Crippen molar-refractivity contribution in [3.05, 3.63) is 21.1 Å². The molecule has 1 aliphatic carbocycles. The molecule has 1 aromatic carbocycles. The van der Waals surface area contributed by atoms with Crippen LogP contribution in [0, 0.1) is 0 Å². The molecule has 2 N–H and O–H groups in total. The van der Waals surface area contributed by atoms with Crippen LogP contribution in [0.1, 0.15) is 12.8 Å². The number of nitrogen functional groups attached to an aromatic ring is 1. The predicted molar refractivity (Wildman–Crippen MR) is 79.2 cm³/mol. The summed E-state index contributed by atoms with van der Waals surface area (Å²) < 4.78 is 63.9. The summed E-state index contributed by atoms with van der Waals surface area (Å²) in [5, 5.41) is 0. The van der Waals surface area contributed by atoms with Crippen LogP contribution in [0.2, 0.25) is 0 Å². The molecule has 118 valence electrons. The average Bonchev–Trinajstić information content (AvgIpc) is 3.05. The number of alkyl halides is 3. The summed E-state index contributed by atoms with van der Waals surface area (Å²) in [6.45, 7) is -1.50. The molecule has 4 nitrogen and oxygen atoms in total. The van der Waals surface area contributed by atoms with Gasteiger partial charge in [0.2, 0.25) is 10.0 Å². The fraction of sp³-hybridized carbons (Fsp3) is 0.455. The van der Waals surface area contributed by atoms with Crippen molar-refractivity contribution in [1.29, 1.82) is 0 Å². The normalized spacial score (nSPS) is 16.5. The van der Waals surface area contributed by atoms with Gasteiger partial charge in [0.05, 0.1) is 0 Å². The van der Waals surface area contributed by atoms with E-state index in [0.29, 0.717) is 22.8 Å². The number of rotatable bonds is 4. The molecular formula is C11H11Br2F3N2O2S. The van der Waals surface area contributed by atoms with Crippen LogP contribution in [0.25, 0.3) is 0 Å². The first kappa shape index (κ1) is 17.0. The molecule has 0 amide bonds. The molecule has 0 aliphatic heterocycles. The minimum atomic E-state index is -4.59. The maximum absolute atomic E-state index is 12.7. The van der Waals surface area contributed by atoms with E-state index in [1.165, 1.54) is 12.1 Å². The van der Waals surface area contributed by atoms with Crippen LogP contribution >= 0.6 is 31.9 Å². The van der Waals surface area contributed by atoms with Crippen LogP contribution in [0.15, 0.2) is 26.0 Å². The Labute approximate surface area is 136 Å². The zero-order valence-corrected chi connectivity index (χ0v) is 14.5. The van der Waals surface area contributed by atoms with Gasteiger partial charge in [-0.3, -0.25) is 0 Å². The highest BCUT2D eigenvalue weighted by atomic mass is 79.9. The van der Waals surface area contributed by atoms with Crippen molar-refractivity contribution in [2.24, 2.45) is 0 Å². The Morgan fingerprint density at radius 3 is 2.10 bits per heavy atom. The van der Waals surface area contributed by atoms with Gasteiger partial charge >= 0.3 is 6.18 Å². The van der Waals surface area contributed by atoms with Crippen LogP contribution in [0.4, 0.5) is 18.9 Å². The Balaban J connectivity index is 2.49. The monoisotopic (exact) mass is 450 g/mol. The van der Waals surface area contributed by atoms with Gasteiger partial charge in [0.1, 0.15) is 11.4 Å². The van der Waals surface area contributed by atoms with Crippen LogP contribution in [0.5, 0.6) is 0 Å². The maximum Gasteiger partial charge on any atom is 0.402 e. The third-order valence-electron chi connectivity index (χ3n) is 2.88. The first-order valence-corrected chi connectivity index (χ1v) is 8.88. The van der Waals surface area contributed by atoms with E-state index in [1.54, 1.807) is 0 Å². The Kier molecular flexibility index (Phi) is 4.63. The van der Waals surface area contributed by atoms with E-state index >= 15 is 0 Å². The molecule has 2 rings (SSSR count). The molecule has 0 bridgehead atoms. The fourth-order valence-corrected chi connectivity index (χ4v) is 6.11. The van der Waals surface area contributed by atoms with Crippen molar-refractivity contribution >= 4 is 47.6 Å². The second-order valence-corrected chi connectivity index (χ2v) is 8.25. The lowest BCUT2D eigenvalue weighted by atomic mass is 10.3. The van der Waals surface area contributed by atoms with Gasteiger partial charge in [-0.2, -0.15) is 17.5 Å². The number of halogens is 5. The number of anilines is 1. The van der Waals surface area contributed by atoms with Crippen LogP contribution in [0.3, 0.4) is 0 Å². The summed E-state index contributed by atoms with van der Waals surface area (Å²) in [5.74, 6) is 0. The van der Waals surface area contributed by atoms with E-state index < -0.39 is 28.8 Å². The lowest BCUT2D eigenvalue weighted by Gasteiger charge is -2.24. The van der Waals surface area contributed by atoms with Crippen LogP contribution in [-0.2, 0) is 10.0 Å². The summed E-state index contributed by atoms with van der Waals surface area (Å²) in [6, 6.07) is 2.08. The highest BCUT2D eigenvalue weighted by molar-refractivity contribution is 9.11. The van der Waals surface area contributed by atoms with Crippen molar-refractivity contribution in [3.63, 3.8) is 0 Å². The van der Waals surface area contributed by atoms with E-state index in [0.717, 1.165) is 0 Å². The van der Waals surface area contributed by atoms with E-state index in [1.807, 2.05) is 0 Å². The van der Waals surface area contributed by atoms with Crippen LogP contribution in [-0.4, -0.2) is 31.5 Å². The van der Waals surface area contributed by atoms with Crippen molar-refractivity contribution < 1.29 is 21.6 Å². The zero-order valence-electron chi connectivity index (χ0n) is 10.5. The number of hydrogen-bond donors (Lipinski definition) is 1. The molecule has 1 saturated carbocycles. The third-order valence-corrected chi connectivity index (χ3v) is 6.65.